The highest BCUT2D eigenvalue weighted by Gasteiger charge is 2.22. The van der Waals surface area contributed by atoms with Gasteiger partial charge in [-0.15, -0.1) is 0 Å². The molecule has 4 rings (SSSR count). The molecule has 2 heterocycles. The summed E-state index contributed by atoms with van der Waals surface area (Å²) in [6.07, 6.45) is 2.87. The molecule has 0 radical (unpaired) electrons. The molecule has 0 unspecified atom stereocenters. The molecule has 0 amide bonds. The van der Waals surface area contributed by atoms with E-state index in [1.807, 2.05) is 12.3 Å². The van der Waals surface area contributed by atoms with Gasteiger partial charge in [-0.2, -0.15) is 0 Å². The average molecular weight is 421 g/mol. The molecule has 0 aliphatic heterocycles. The predicted molar refractivity (Wildman–Crippen MR) is 135 cm³/mol. The molecule has 162 valence electrons. The summed E-state index contributed by atoms with van der Waals surface area (Å²) in [4.78, 5) is 9.55. The zero-order valence-electron chi connectivity index (χ0n) is 19.8. The van der Waals surface area contributed by atoms with Crippen molar-refractivity contribution in [1.82, 2.24) is 9.97 Å². The zero-order valence-corrected chi connectivity index (χ0v) is 19.8. The summed E-state index contributed by atoms with van der Waals surface area (Å²) in [5, 5.41) is 0. The normalized spacial score (nSPS) is 12.0. The Balaban J connectivity index is 1.61. The number of nitrogens with zero attached hydrogens (tertiary/aromatic N) is 2. The van der Waals surface area contributed by atoms with E-state index >= 15 is 0 Å². The topological polar surface area (TPSA) is 25.8 Å². The SMILES string of the molecule is CC(C)(C)c1cccc(-c2cccc(CC(C)(C)c3ccnc(-c4ccccc4)c3)c2)n1. The predicted octanol–water partition coefficient (Wildman–Crippen LogP) is 7.63. The lowest BCUT2D eigenvalue weighted by atomic mass is 9.79. The monoisotopic (exact) mass is 420 g/mol. The lowest BCUT2D eigenvalue weighted by Gasteiger charge is -2.26. The van der Waals surface area contributed by atoms with Crippen LogP contribution in [0.4, 0.5) is 0 Å². The largest absolute Gasteiger partial charge is 0.256 e. The Labute approximate surface area is 192 Å². The van der Waals surface area contributed by atoms with Gasteiger partial charge in [0.15, 0.2) is 0 Å². The van der Waals surface area contributed by atoms with Gasteiger partial charge in [-0.3, -0.25) is 9.97 Å². The Morgan fingerprint density at radius 2 is 1.38 bits per heavy atom. The molecule has 2 aromatic heterocycles. The van der Waals surface area contributed by atoms with Gasteiger partial charge in [0, 0.05) is 28.4 Å². The van der Waals surface area contributed by atoms with Crippen LogP contribution in [-0.4, -0.2) is 9.97 Å². The number of rotatable bonds is 5. The number of pyridine rings is 2. The van der Waals surface area contributed by atoms with Gasteiger partial charge in [-0.1, -0.05) is 89.2 Å². The highest BCUT2D eigenvalue weighted by molar-refractivity contribution is 5.61. The molecule has 0 fully saturated rings. The third-order valence-corrected chi connectivity index (χ3v) is 6.00. The van der Waals surface area contributed by atoms with Crippen molar-refractivity contribution in [3.05, 3.63) is 108 Å². The standard InChI is InChI=1S/C30H32N2/c1-29(2,3)28-16-10-15-26(32-28)24-14-9-11-22(19-24)21-30(4,5)25-17-18-31-27(20-25)23-12-7-6-8-13-23/h6-20H,21H2,1-5H3. The maximum Gasteiger partial charge on any atom is 0.0705 e. The molecule has 2 heteroatoms. The number of hydrogen-bond acceptors (Lipinski definition) is 2. The Hall–Kier alpha value is -3.26. The molecule has 0 saturated carbocycles. The fourth-order valence-electron chi connectivity index (χ4n) is 4.08. The van der Waals surface area contributed by atoms with Crippen molar-refractivity contribution in [2.45, 2.75) is 51.9 Å². The van der Waals surface area contributed by atoms with E-state index in [1.54, 1.807) is 0 Å². The van der Waals surface area contributed by atoms with E-state index in [9.17, 15) is 0 Å². The molecular formula is C30H32N2. The summed E-state index contributed by atoms with van der Waals surface area (Å²) in [5.41, 5.74) is 8.12. The molecule has 0 aliphatic rings. The summed E-state index contributed by atoms with van der Waals surface area (Å²) < 4.78 is 0. The van der Waals surface area contributed by atoms with E-state index in [0.717, 1.165) is 29.1 Å². The molecular weight excluding hydrogens is 388 g/mol. The quantitative estimate of drug-likeness (QED) is 0.332. The number of benzene rings is 2. The van der Waals surface area contributed by atoms with Crippen molar-refractivity contribution in [2.75, 3.05) is 0 Å². The second kappa shape index (κ2) is 8.70. The molecule has 2 aromatic carbocycles. The highest BCUT2D eigenvalue weighted by atomic mass is 14.7. The first-order valence-electron chi connectivity index (χ1n) is 11.3. The summed E-state index contributed by atoms with van der Waals surface area (Å²) in [6.45, 7) is 11.2. The Morgan fingerprint density at radius 3 is 2.12 bits per heavy atom. The fraction of sp³-hybridized carbons (Fsp3) is 0.267. The van der Waals surface area contributed by atoms with Crippen molar-refractivity contribution in [3.63, 3.8) is 0 Å². The van der Waals surface area contributed by atoms with Crippen molar-refractivity contribution < 1.29 is 0 Å². The van der Waals surface area contributed by atoms with Crippen molar-refractivity contribution in [3.8, 4) is 22.5 Å². The molecule has 0 aliphatic carbocycles. The Morgan fingerprint density at radius 1 is 0.656 bits per heavy atom. The van der Waals surface area contributed by atoms with Crippen LogP contribution in [0, 0.1) is 0 Å². The second-order valence-electron chi connectivity index (χ2n) is 10.2. The smallest absolute Gasteiger partial charge is 0.0705 e. The van der Waals surface area contributed by atoms with Gasteiger partial charge in [0.2, 0.25) is 0 Å². The van der Waals surface area contributed by atoms with Gasteiger partial charge >= 0.3 is 0 Å². The second-order valence-corrected chi connectivity index (χ2v) is 10.2. The third kappa shape index (κ3) is 4.96. The average Bonchev–Trinajstić information content (AvgIpc) is 2.79. The molecule has 0 saturated heterocycles. The Bertz CT molecular complexity index is 1200. The van der Waals surface area contributed by atoms with Crippen LogP contribution in [0.15, 0.2) is 91.1 Å². The van der Waals surface area contributed by atoms with Crippen LogP contribution in [0.5, 0.6) is 0 Å². The van der Waals surface area contributed by atoms with E-state index < -0.39 is 0 Å². The minimum Gasteiger partial charge on any atom is -0.256 e. The van der Waals surface area contributed by atoms with Gasteiger partial charge in [0.05, 0.1) is 11.4 Å². The molecule has 2 nitrogen and oxygen atoms in total. The van der Waals surface area contributed by atoms with E-state index in [2.05, 4.69) is 118 Å². The molecule has 0 atom stereocenters. The van der Waals surface area contributed by atoms with Crippen LogP contribution in [0.25, 0.3) is 22.5 Å². The van der Waals surface area contributed by atoms with Crippen LogP contribution in [0.2, 0.25) is 0 Å². The minimum absolute atomic E-state index is 0.0220. The van der Waals surface area contributed by atoms with Crippen LogP contribution in [0.1, 0.15) is 51.4 Å². The molecule has 4 aromatic rings. The number of aromatic nitrogens is 2. The maximum atomic E-state index is 4.95. The summed E-state index contributed by atoms with van der Waals surface area (Å²) >= 11 is 0. The van der Waals surface area contributed by atoms with E-state index in [-0.39, 0.29) is 10.8 Å². The Kier molecular flexibility index (Phi) is 5.97. The fourth-order valence-corrected chi connectivity index (χ4v) is 4.08. The third-order valence-electron chi connectivity index (χ3n) is 6.00. The molecule has 0 N–H and O–H groups in total. The van der Waals surface area contributed by atoms with E-state index in [4.69, 9.17) is 4.98 Å². The number of hydrogen-bond donors (Lipinski definition) is 0. The van der Waals surface area contributed by atoms with Crippen LogP contribution in [-0.2, 0) is 17.3 Å². The van der Waals surface area contributed by atoms with Gasteiger partial charge in [-0.05, 0) is 53.3 Å². The van der Waals surface area contributed by atoms with Crippen molar-refractivity contribution in [2.24, 2.45) is 0 Å². The first kappa shape index (κ1) is 22.0. The van der Waals surface area contributed by atoms with Gasteiger partial charge < -0.3 is 0 Å². The van der Waals surface area contributed by atoms with E-state index in [0.29, 0.717) is 0 Å². The lowest BCUT2D eigenvalue weighted by Crippen LogP contribution is -2.20. The van der Waals surface area contributed by atoms with Crippen molar-refractivity contribution in [1.29, 1.82) is 0 Å². The lowest BCUT2D eigenvalue weighted by molar-refractivity contribution is 0.522. The van der Waals surface area contributed by atoms with Crippen LogP contribution < -0.4 is 0 Å². The summed E-state index contributed by atoms with van der Waals surface area (Å²) in [7, 11) is 0. The summed E-state index contributed by atoms with van der Waals surface area (Å²) in [6, 6.07) is 29.9. The van der Waals surface area contributed by atoms with Crippen molar-refractivity contribution >= 4 is 0 Å². The highest BCUT2D eigenvalue weighted by Crippen LogP contribution is 2.31. The van der Waals surface area contributed by atoms with Crippen LogP contribution in [0.3, 0.4) is 0 Å². The van der Waals surface area contributed by atoms with Gasteiger partial charge in [0.25, 0.3) is 0 Å². The maximum absolute atomic E-state index is 4.95. The molecule has 0 bridgehead atoms. The molecule has 0 spiro atoms. The van der Waals surface area contributed by atoms with E-state index in [1.165, 1.54) is 16.7 Å². The van der Waals surface area contributed by atoms with Gasteiger partial charge in [-0.25, -0.2) is 0 Å². The first-order valence-corrected chi connectivity index (χ1v) is 11.3. The summed E-state index contributed by atoms with van der Waals surface area (Å²) in [5.74, 6) is 0. The first-order chi connectivity index (χ1) is 15.2. The van der Waals surface area contributed by atoms with Gasteiger partial charge in [0.1, 0.15) is 0 Å². The van der Waals surface area contributed by atoms with Crippen LogP contribution >= 0.6 is 0 Å². The minimum atomic E-state index is -0.0220. The zero-order chi connectivity index (χ0) is 22.8. The molecule has 32 heavy (non-hydrogen) atoms.